The number of aliphatic imine (C=N–C) groups is 1. The molecule has 0 aromatic rings. The van der Waals surface area contributed by atoms with Gasteiger partial charge >= 0.3 is 0 Å². The molecule has 14 heavy (non-hydrogen) atoms. The number of amidine groups is 1. The maximum atomic E-state index is 11.4. The SMILES string of the molecule is CCC1C(=O)N=C(CC(C)N)NC1=O. The third-order valence-corrected chi connectivity index (χ3v) is 2.05. The summed E-state index contributed by atoms with van der Waals surface area (Å²) < 4.78 is 0. The van der Waals surface area contributed by atoms with Gasteiger partial charge in [-0.15, -0.1) is 0 Å². The summed E-state index contributed by atoms with van der Waals surface area (Å²) in [6.07, 6.45) is 0.910. The van der Waals surface area contributed by atoms with E-state index in [0.29, 0.717) is 18.7 Å². The Bertz CT molecular complexity index is 284. The molecule has 0 bridgehead atoms. The van der Waals surface area contributed by atoms with Gasteiger partial charge in [0.25, 0.3) is 5.91 Å². The highest BCUT2D eigenvalue weighted by Gasteiger charge is 2.29. The number of hydrogen-bond donors (Lipinski definition) is 2. The molecule has 2 unspecified atom stereocenters. The van der Waals surface area contributed by atoms with Gasteiger partial charge in [0.05, 0.1) is 0 Å². The van der Waals surface area contributed by atoms with Crippen LogP contribution >= 0.6 is 0 Å². The lowest BCUT2D eigenvalue weighted by molar-refractivity contribution is -0.133. The summed E-state index contributed by atoms with van der Waals surface area (Å²) >= 11 is 0. The van der Waals surface area contributed by atoms with Crippen molar-refractivity contribution in [1.29, 1.82) is 0 Å². The van der Waals surface area contributed by atoms with E-state index < -0.39 is 5.92 Å². The Labute approximate surface area is 82.8 Å². The zero-order valence-corrected chi connectivity index (χ0v) is 8.41. The minimum atomic E-state index is -0.619. The molecule has 0 saturated carbocycles. The van der Waals surface area contributed by atoms with E-state index in [2.05, 4.69) is 10.3 Å². The fourth-order valence-electron chi connectivity index (χ4n) is 1.34. The van der Waals surface area contributed by atoms with Crippen LogP contribution in [0, 0.1) is 5.92 Å². The van der Waals surface area contributed by atoms with Gasteiger partial charge in [0.2, 0.25) is 5.91 Å². The van der Waals surface area contributed by atoms with Gasteiger partial charge in [-0.25, -0.2) is 0 Å². The molecule has 0 aromatic carbocycles. The number of hydrogen-bond acceptors (Lipinski definition) is 3. The average molecular weight is 197 g/mol. The minimum absolute atomic E-state index is 0.111. The van der Waals surface area contributed by atoms with Crippen molar-refractivity contribution < 1.29 is 9.59 Å². The molecule has 5 nitrogen and oxygen atoms in total. The Balaban J connectivity index is 2.75. The first-order valence-electron chi connectivity index (χ1n) is 4.72. The fourth-order valence-corrected chi connectivity index (χ4v) is 1.34. The van der Waals surface area contributed by atoms with Crippen molar-refractivity contribution in [3.8, 4) is 0 Å². The molecule has 1 heterocycles. The van der Waals surface area contributed by atoms with Crippen LogP contribution in [0.25, 0.3) is 0 Å². The average Bonchev–Trinajstić information content (AvgIpc) is 2.01. The van der Waals surface area contributed by atoms with Gasteiger partial charge in [-0.05, 0) is 13.3 Å². The van der Waals surface area contributed by atoms with Gasteiger partial charge in [-0.3, -0.25) is 9.59 Å². The van der Waals surface area contributed by atoms with E-state index >= 15 is 0 Å². The van der Waals surface area contributed by atoms with E-state index in [1.807, 2.05) is 0 Å². The zero-order valence-electron chi connectivity index (χ0n) is 8.41. The highest BCUT2D eigenvalue weighted by Crippen LogP contribution is 2.10. The number of nitrogens with one attached hydrogen (secondary N) is 1. The second-order valence-corrected chi connectivity index (χ2v) is 3.53. The Morgan fingerprint density at radius 2 is 2.21 bits per heavy atom. The van der Waals surface area contributed by atoms with Gasteiger partial charge in [-0.1, -0.05) is 6.92 Å². The van der Waals surface area contributed by atoms with Gasteiger partial charge < -0.3 is 11.1 Å². The number of carbonyl (C=O) groups is 2. The molecule has 0 aliphatic carbocycles. The summed E-state index contributed by atoms with van der Waals surface area (Å²) in [4.78, 5) is 26.5. The second kappa shape index (κ2) is 4.32. The summed E-state index contributed by atoms with van der Waals surface area (Å²) in [5.74, 6) is -0.846. The molecule has 0 aromatic heterocycles. The van der Waals surface area contributed by atoms with Crippen molar-refractivity contribution in [3.63, 3.8) is 0 Å². The molecule has 0 saturated heterocycles. The van der Waals surface area contributed by atoms with E-state index in [-0.39, 0.29) is 17.9 Å². The molecule has 5 heteroatoms. The van der Waals surface area contributed by atoms with Crippen LogP contribution in [-0.4, -0.2) is 23.7 Å². The molecule has 0 radical (unpaired) electrons. The highest BCUT2D eigenvalue weighted by molar-refractivity contribution is 6.15. The lowest BCUT2D eigenvalue weighted by Gasteiger charge is -2.19. The largest absolute Gasteiger partial charge is 0.328 e. The minimum Gasteiger partial charge on any atom is -0.328 e. The van der Waals surface area contributed by atoms with Gasteiger partial charge in [0.1, 0.15) is 11.8 Å². The number of carbonyl (C=O) groups excluding carboxylic acids is 2. The number of nitrogens with zero attached hydrogens (tertiary/aromatic N) is 1. The van der Waals surface area contributed by atoms with E-state index in [9.17, 15) is 9.59 Å². The maximum Gasteiger partial charge on any atom is 0.259 e. The topological polar surface area (TPSA) is 84.6 Å². The standard InChI is InChI=1S/C9H15N3O2/c1-3-6-8(13)11-7(4-5(2)10)12-9(6)14/h5-6H,3-4,10H2,1-2H3,(H,11,12,13,14). The maximum absolute atomic E-state index is 11.4. The quantitative estimate of drug-likeness (QED) is 0.615. The van der Waals surface area contributed by atoms with Crippen molar-refractivity contribution in [1.82, 2.24) is 5.32 Å². The summed E-state index contributed by atoms with van der Waals surface area (Å²) in [5.41, 5.74) is 5.54. The highest BCUT2D eigenvalue weighted by atomic mass is 16.2. The third-order valence-electron chi connectivity index (χ3n) is 2.05. The Morgan fingerprint density at radius 3 is 2.64 bits per heavy atom. The van der Waals surface area contributed by atoms with Crippen LogP contribution in [-0.2, 0) is 9.59 Å². The lowest BCUT2D eigenvalue weighted by Crippen LogP contribution is -2.45. The number of amides is 2. The molecular formula is C9H15N3O2. The number of rotatable bonds is 3. The van der Waals surface area contributed by atoms with Crippen molar-refractivity contribution in [3.05, 3.63) is 0 Å². The van der Waals surface area contributed by atoms with Crippen LogP contribution in [0.15, 0.2) is 4.99 Å². The second-order valence-electron chi connectivity index (χ2n) is 3.53. The normalized spacial score (nSPS) is 24.2. The summed E-state index contributed by atoms with van der Waals surface area (Å²) in [6.45, 7) is 3.58. The lowest BCUT2D eigenvalue weighted by atomic mass is 10.0. The molecule has 2 amide bonds. The Morgan fingerprint density at radius 1 is 1.57 bits per heavy atom. The van der Waals surface area contributed by atoms with Crippen molar-refractivity contribution in [2.45, 2.75) is 32.7 Å². The summed E-state index contributed by atoms with van der Waals surface area (Å²) in [7, 11) is 0. The van der Waals surface area contributed by atoms with Crippen molar-refractivity contribution >= 4 is 17.6 Å². The van der Waals surface area contributed by atoms with Crippen LogP contribution in [0.5, 0.6) is 0 Å². The van der Waals surface area contributed by atoms with E-state index in [1.54, 1.807) is 13.8 Å². The zero-order chi connectivity index (χ0) is 10.7. The van der Waals surface area contributed by atoms with E-state index in [4.69, 9.17) is 5.73 Å². The summed E-state index contributed by atoms with van der Waals surface area (Å²) in [5, 5.41) is 2.59. The molecule has 3 N–H and O–H groups in total. The first kappa shape index (κ1) is 10.8. The number of nitrogens with two attached hydrogens (primary N) is 1. The molecule has 78 valence electrons. The molecule has 1 rings (SSSR count). The third kappa shape index (κ3) is 2.38. The molecule has 2 atom stereocenters. The molecule has 1 aliphatic rings. The first-order chi connectivity index (χ1) is 6.54. The predicted octanol–water partition coefficient (Wildman–Crippen LogP) is -0.195. The molecule has 0 fully saturated rings. The molecule has 1 aliphatic heterocycles. The Kier molecular flexibility index (Phi) is 3.35. The van der Waals surface area contributed by atoms with Gasteiger partial charge in [0, 0.05) is 12.5 Å². The van der Waals surface area contributed by atoms with Crippen LogP contribution in [0.4, 0.5) is 0 Å². The van der Waals surface area contributed by atoms with Crippen molar-refractivity contribution in [2.75, 3.05) is 0 Å². The van der Waals surface area contributed by atoms with E-state index in [1.165, 1.54) is 0 Å². The van der Waals surface area contributed by atoms with E-state index in [0.717, 1.165) is 0 Å². The van der Waals surface area contributed by atoms with Crippen LogP contribution in [0.2, 0.25) is 0 Å². The van der Waals surface area contributed by atoms with Gasteiger partial charge in [0.15, 0.2) is 0 Å². The van der Waals surface area contributed by atoms with Crippen molar-refractivity contribution in [2.24, 2.45) is 16.6 Å². The fraction of sp³-hybridized carbons (Fsp3) is 0.667. The molecule has 0 spiro atoms. The van der Waals surface area contributed by atoms with Crippen LogP contribution < -0.4 is 11.1 Å². The monoisotopic (exact) mass is 197 g/mol. The first-order valence-corrected chi connectivity index (χ1v) is 4.72. The predicted molar refractivity (Wildman–Crippen MR) is 52.6 cm³/mol. The van der Waals surface area contributed by atoms with Crippen LogP contribution in [0.1, 0.15) is 26.7 Å². The smallest absolute Gasteiger partial charge is 0.259 e. The van der Waals surface area contributed by atoms with Gasteiger partial charge in [-0.2, -0.15) is 4.99 Å². The summed E-state index contributed by atoms with van der Waals surface area (Å²) in [6, 6.07) is -0.111. The Hall–Kier alpha value is -1.23. The molecular weight excluding hydrogens is 182 g/mol. The van der Waals surface area contributed by atoms with Crippen LogP contribution in [0.3, 0.4) is 0 Å².